The predicted octanol–water partition coefficient (Wildman–Crippen LogP) is -3.47. The van der Waals surface area contributed by atoms with Crippen LogP contribution in [0.15, 0.2) is 36.5 Å². The van der Waals surface area contributed by atoms with Crippen molar-refractivity contribution in [1.29, 1.82) is 0 Å². The molecule has 136 valence electrons. The molecular formula is C17H15N2NaO6S. The number of benzene rings is 1. The van der Waals surface area contributed by atoms with Gasteiger partial charge in [0.2, 0.25) is 0 Å². The van der Waals surface area contributed by atoms with Gasteiger partial charge >= 0.3 is 29.6 Å². The van der Waals surface area contributed by atoms with E-state index in [1.807, 2.05) is 6.07 Å². The molecule has 1 fully saturated rings. The molecule has 2 aliphatic rings. The maximum Gasteiger partial charge on any atom is 1.00 e. The number of amides is 1. The van der Waals surface area contributed by atoms with E-state index in [0.717, 1.165) is 0 Å². The Morgan fingerprint density at radius 1 is 1.30 bits per heavy atom. The van der Waals surface area contributed by atoms with Crippen molar-refractivity contribution in [2.24, 2.45) is 0 Å². The molecule has 27 heavy (non-hydrogen) atoms. The molecule has 2 atom stereocenters. The number of anilines is 1. The summed E-state index contributed by atoms with van der Waals surface area (Å²) in [5, 5.41) is 10.1. The molecule has 10 heteroatoms. The van der Waals surface area contributed by atoms with Crippen molar-refractivity contribution in [3.05, 3.63) is 42.1 Å². The van der Waals surface area contributed by atoms with Gasteiger partial charge in [-0.2, -0.15) is 0 Å². The Balaban J connectivity index is 0.00000210. The summed E-state index contributed by atoms with van der Waals surface area (Å²) in [6.45, 7) is -0.447. The van der Waals surface area contributed by atoms with Crippen molar-refractivity contribution in [1.82, 2.24) is 4.57 Å². The van der Waals surface area contributed by atoms with Crippen LogP contribution in [0.4, 0.5) is 5.69 Å². The molecular weight excluding hydrogens is 383 g/mol. The molecule has 0 aliphatic carbocycles. The summed E-state index contributed by atoms with van der Waals surface area (Å²) in [5.74, 6) is -2.04. The number of aliphatic carboxylic acids is 1. The molecule has 8 nitrogen and oxygen atoms in total. The van der Waals surface area contributed by atoms with Crippen molar-refractivity contribution in [3.8, 4) is 11.3 Å². The Morgan fingerprint density at radius 3 is 2.56 bits per heavy atom. The van der Waals surface area contributed by atoms with Crippen LogP contribution in [0.2, 0.25) is 0 Å². The number of ether oxygens (including phenoxy) is 1. The van der Waals surface area contributed by atoms with Crippen molar-refractivity contribution < 1.29 is 57.4 Å². The number of carboxylic acids is 1. The zero-order valence-corrected chi connectivity index (χ0v) is 17.6. The van der Waals surface area contributed by atoms with Crippen LogP contribution < -0.4 is 39.6 Å². The molecule has 0 spiro atoms. The van der Waals surface area contributed by atoms with Gasteiger partial charge in [0.25, 0.3) is 5.91 Å². The largest absolute Gasteiger partial charge is 1.00 e. The second kappa shape index (κ2) is 7.06. The van der Waals surface area contributed by atoms with Gasteiger partial charge in [0, 0.05) is 24.4 Å². The third-order valence-corrected chi connectivity index (χ3v) is 6.60. The summed E-state index contributed by atoms with van der Waals surface area (Å²) in [7, 11) is -2.35. The van der Waals surface area contributed by atoms with E-state index in [1.165, 1.54) is 22.8 Å². The topological polar surface area (TPSA) is 109 Å². The third kappa shape index (κ3) is 3.03. The van der Waals surface area contributed by atoms with E-state index >= 15 is 0 Å². The number of methoxy groups -OCH3 is 1. The Bertz CT molecular complexity index is 1020. The molecule has 2 unspecified atom stereocenters. The molecule has 0 N–H and O–H groups in total. The van der Waals surface area contributed by atoms with Crippen LogP contribution in [0, 0.1) is 0 Å². The van der Waals surface area contributed by atoms with E-state index < -0.39 is 39.7 Å². The van der Waals surface area contributed by atoms with Crippen molar-refractivity contribution in [3.63, 3.8) is 0 Å². The number of nitrogens with zero attached hydrogens (tertiary/aromatic N) is 2. The molecule has 2 aromatic rings. The van der Waals surface area contributed by atoms with Gasteiger partial charge in [-0.05, 0) is 0 Å². The Morgan fingerprint density at radius 2 is 1.96 bits per heavy atom. The fraction of sp³-hybridized carbons (Fsp3) is 0.294. The van der Waals surface area contributed by atoms with Crippen LogP contribution in [0.5, 0.6) is 0 Å². The van der Waals surface area contributed by atoms with Crippen molar-refractivity contribution in [2.45, 2.75) is 23.8 Å². The van der Waals surface area contributed by atoms with Gasteiger partial charge in [0.1, 0.15) is 0 Å². The summed E-state index contributed by atoms with van der Waals surface area (Å²) in [4.78, 5) is 24.9. The van der Waals surface area contributed by atoms with E-state index in [0.29, 0.717) is 22.5 Å². The standard InChI is InChI=1S/C17H16N2O6S.Na/c1-25-15-16(22)19-14-11(9-26(23,24)17(15)19)7-18(8-12(20)21)13(14)10-5-3-2-4-6-10;/h2-7,15,17H,8-9H2,1H3,(H,20,21);/q;+1/p-1. The van der Waals surface area contributed by atoms with Crippen LogP contribution in [-0.2, 0) is 36.5 Å². The van der Waals surface area contributed by atoms with Gasteiger partial charge in [-0.3, -0.25) is 9.69 Å². The summed E-state index contributed by atoms with van der Waals surface area (Å²) in [6, 6.07) is 8.93. The van der Waals surface area contributed by atoms with Gasteiger partial charge in [-0.15, -0.1) is 0 Å². The Hall–Kier alpha value is -1.65. The maximum atomic E-state index is 12.6. The number of carbonyl (C=O) groups excluding carboxylic acids is 2. The molecule has 4 rings (SSSR count). The van der Waals surface area contributed by atoms with Crippen molar-refractivity contribution in [2.75, 3.05) is 12.0 Å². The molecule has 1 saturated heterocycles. The van der Waals surface area contributed by atoms with Gasteiger partial charge in [-0.25, -0.2) is 8.42 Å². The first-order valence-corrected chi connectivity index (χ1v) is 9.61. The molecule has 0 bridgehead atoms. The van der Waals surface area contributed by atoms with E-state index in [9.17, 15) is 23.1 Å². The average Bonchev–Trinajstić information content (AvgIpc) is 2.89. The number of carbonyl (C=O) groups is 2. The fourth-order valence-electron chi connectivity index (χ4n) is 3.68. The number of fused-ring (bicyclic) bond motifs is 3. The minimum atomic E-state index is -3.64. The number of aromatic nitrogens is 1. The number of carboxylic acid groups (broad SMARTS) is 1. The normalized spacial score (nSPS) is 22.3. The number of hydrogen-bond acceptors (Lipinski definition) is 6. The van der Waals surface area contributed by atoms with Gasteiger partial charge < -0.3 is 19.2 Å². The molecule has 2 aliphatic heterocycles. The first-order valence-electron chi connectivity index (χ1n) is 7.90. The van der Waals surface area contributed by atoms with Crippen LogP contribution in [0.1, 0.15) is 5.56 Å². The number of rotatable bonds is 4. The summed E-state index contributed by atoms with van der Waals surface area (Å²) < 4.78 is 31.6. The maximum absolute atomic E-state index is 12.6. The number of β-lactam (4-membered cyclic amide) rings is 1. The molecule has 1 amide bonds. The van der Waals surface area contributed by atoms with Crippen LogP contribution in [0.25, 0.3) is 11.3 Å². The summed E-state index contributed by atoms with van der Waals surface area (Å²) in [5.41, 5.74) is 1.98. The first kappa shape index (κ1) is 20.1. The van der Waals surface area contributed by atoms with Gasteiger partial charge in [-0.1, -0.05) is 30.3 Å². The minimum Gasteiger partial charge on any atom is -0.548 e. The Labute approximate surface area is 177 Å². The average molecular weight is 398 g/mol. The minimum absolute atomic E-state index is 0. The van der Waals surface area contributed by atoms with Gasteiger partial charge in [0.15, 0.2) is 21.3 Å². The number of sulfone groups is 1. The monoisotopic (exact) mass is 398 g/mol. The zero-order chi connectivity index (χ0) is 18.6. The molecule has 1 aromatic carbocycles. The SMILES string of the molecule is COC1C(=O)N2c3c(cn(CC(=O)[O-])c3-c3ccccc3)CS(=O)(=O)C12.[Na+]. The smallest absolute Gasteiger partial charge is 0.548 e. The molecule has 3 heterocycles. The van der Waals surface area contributed by atoms with E-state index in [4.69, 9.17) is 4.74 Å². The van der Waals surface area contributed by atoms with E-state index in [-0.39, 0.29) is 35.3 Å². The molecule has 0 radical (unpaired) electrons. The van der Waals surface area contributed by atoms with Gasteiger partial charge in [0.05, 0.1) is 29.6 Å². The second-order valence-corrected chi connectivity index (χ2v) is 8.38. The van der Waals surface area contributed by atoms with E-state index in [2.05, 4.69) is 0 Å². The quantitative estimate of drug-likeness (QED) is 0.391. The van der Waals surface area contributed by atoms with E-state index in [1.54, 1.807) is 24.3 Å². The number of hydrogen-bond donors (Lipinski definition) is 0. The fourth-order valence-corrected chi connectivity index (χ4v) is 5.63. The zero-order valence-electron chi connectivity index (χ0n) is 14.8. The van der Waals surface area contributed by atoms with Crippen LogP contribution in [-0.4, -0.2) is 43.4 Å². The summed E-state index contributed by atoms with van der Waals surface area (Å²) >= 11 is 0. The first-order chi connectivity index (χ1) is 12.3. The Kier molecular flexibility index (Phi) is 5.26. The van der Waals surface area contributed by atoms with Crippen LogP contribution in [0.3, 0.4) is 0 Å². The predicted molar refractivity (Wildman–Crippen MR) is 89.6 cm³/mol. The second-order valence-electron chi connectivity index (χ2n) is 6.28. The summed E-state index contributed by atoms with van der Waals surface area (Å²) in [6.07, 6.45) is 0.426. The van der Waals surface area contributed by atoms with Crippen LogP contribution >= 0.6 is 0 Å². The van der Waals surface area contributed by atoms with Crippen molar-refractivity contribution >= 4 is 27.4 Å². The molecule has 1 aromatic heterocycles. The molecule has 0 saturated carbocycles. The third-order valence-electron chi connectivity index (χ3n) is 4.69.